The minimum Gasteiger partial charge on any atom is -0.288 e. The van der Waals surface area contributed by atoms with Gasteiger partial charge in [0.15, 0.2) is 0 Å². The molecule has 0 aliphatic heterocycles. The van der Waals surface area contributed by atoms with Crippen LogP contribution in [-0.2, 0) is 6.42 Å². The standard InChI is InChI=1S/C12H16N2O2/c1-11(10-14(15)16)13-9-5-8-12-6-3-2-4-7-12/h2-4,6-7H,5,8-10H2,1H3. The highest BCUT2D eigenvalue weighted by molar-refractivity contribution is 5.82. The fourth-order valence-corrected chi connectivity index (χ4v) is 1.43. The van der Waals surface area contributed by atoms with Crippen molar-refractivity contribution in [3.05, 3.63) is 46.0 Å². The van der Waals surface area contributed by atoms with E-state index in [2.05, 4.69) is 17.1 Å². The maximum absolute atomic E-state index is 10.2. The van der Waals surface area contributed by atoms with Crippen molar-refractivity contribution in [3.8, 4) is 0 Å². The molecule has 0 saturated carbocycles. The highest BCUT2D eigenvalue weighted by Crippen LogP contribution is 2.02. The Morgan fingerprint density at radius 2 is 2.06 bits per heavy atom. The number of hydrogen-bond acceptors (Lipinski definition) is 3. The Balaban J connectivity index is 2.24. The fraction of sp³-hybridized carbons (Fsp3) is 0.417. The summed E-state index contributed by atoms with van der Waals surface area (Å²) in [6.07, 6.45) is 1.90. The lowest BCUT2D eigenvalue weighted by molar-refractivity contribution is -0.463. The summed E-state index contributed by atoms with van der Waals surface area (Å²) in [7, 11) is 0. The van der Waals surface area contributed by atoms with Crippen LogP contribution >= 0.6 is 0 Å². The van der Waals surface area contributed by atoms with E-state index in [0.29, 0.717) is 12.3 Å². The van der Waals surface area contributed by atoms with Crippen molar-refractivity contribution in [1.29, 1.82) is 0 Å². The maximum atomic E-state index is 10.2. The van der Waals surface area contributed by atoms with Crippen molar-refractivity contribution < 1.29 is 4.92 Å². The summed E-state index contributed by atoms with van der Waals surface area (Å²) in [5.41, 5.74) is 1.88. The van der Waals surface area contributed by atoms with Crippen molar-refractivity contribution in [2.75, 3.05) is 13.1 Å². The molecule has 1 rings (SSSR count). The van der Waals surface area contributed by atoms with Crippen LogP contribution in [0, 0.1) is 10.1 Å². The summed E-state index contributed by atoms with van der Waals surface area (Å²) in [6.45, 7) is 2.21. The van der Waals surface area contributed by atoms with Crippen molar-refractivity contribution in [2.45, 2.75) is 19.8 Å². The molecule has 4 heteroatoms. The Labute approximate surface area is 95.2 Å². The largest absolute Gasteiger partial charge is 0.288 e. The molecule has 0 atom stereocenters. The van der Waals surface area contributed by atoms with Crippen molar-refractivity contribution in [1.82, 2.24) is 0 Å². The van der Waals surface area contributed by atoms with E-state index in [1.54, 1.807) is 6.92 Å². The van der Waals surface area contributed by atoms with Crippen molar-refractivity contribution >= 4 is 5.71 Å². The first-order chi connectivity index (χ1) is 7.68. The first-order valence-corrected chi connectivity index (χ1v) is 5.34. The topological polar surface area (TPSA) is 55.5 Å². The number of rotatable bonds is 6. The van der Waals surface area contributed by atoms with Gasteiger partial charge in [0.2, 0.25) is 6.54 Å². The highest BCUT2D eigenvalue weighted by atomic mass is 16.6. The number of nitro groups is 1. The molecule has 0 radical (unpaired) electrons. The lowest BCUT2D eigenvalue weighted by Crippen LogP contribution is -2.10. The van der Waals surface area contributed by atoms with Gasteiger partial charge in [0, 0.05) is 11.5 Å². The summed E-state index contributed by atoms with van der Waals surface area (Å²) in [5.74, 6) is 0. The van der Waals surface area contributed by atoms with Crippen LogP contribution in [-0.4, -0.2) is 23.7 Å². The Hall–Kier alpha value is -1.71. The molecular weight excluding hydrogens is 204 g/mol. The number of benzene rings is 1. The van der Waals surface area contributed by atoms with Gasteiger partial charge in [-0.3, -0.25) is 15.1 Å². The molecule has 1 aromatic carbocycles. The van der Waals surface area contributed by atoms with Crippen molar-refractivity contribution in [2.24, 2.45) is 4.99 Å². The van der Waals surface area contributed by atoms with Gasteiger partial charge in [-0.15, -0.1) is 0 Å². The fourth-order valence-electron chi connectivity index (χ4n) is 1.43. The van der Waals surface area contributed by atoms with E-state index in [-0.39, 0.29) is 11.5 Å². The molecule has 0 N–H and O–H groups in total. The molecule has 0 aliphatic carbocycles. The zero-order chi connectivity index (χ0) is 11.8. The number of nitrogens with zero attached hydrogens (tertiary/aromatic N) is 2. The third-order valence-corrected chi connectivity index (χ3v) is 2.21. The van der Waals surface area contributed by atoms with Gasteiger partial charge in [-0.05, 0) is 25.3 Å². The summed E-state index contributed by atoms with van der Waals surface area (Å²) >= 11 is 0. The first kappa shape index (κ1) is 12.4. The second kappa shape index (κ2) is 6.71. The van der Waals surface area contributed by atoms with Gasteiger partial charge in [-0.2, -0.15) is 0 Å². The van der Waals surface area contributed by atoms with Gasteiger partial charge >= 0.3 is 0 Å². The van der Waals surface area contributed by atoms with E-state index in [0.717, 1.165) is 12.8 Å². The minimum absolute atomic E-state index is 0.147. The summed E-state index contributed by atoms with van der Waals surface area (Å²) < 4.78 is 0. The summed E-state index contributed by atoms with van der Waals surface area (Å²) in [5, 5.41) is 10.2. The molecule has 1 aromatic rings. The van der Waals surface area contributed by atoms with Crippen LogP contribution in [0.5, 0.6) is 0 Å². The van der Waals surface area contributed by atoms with Gasteiger partial charge in [-0.1, -0.05) is 30.3 Å². The van der Waals surface area contributed by atoms with Crippen LogP contribution in [0.15, 0.2) is 35.3 Å². The average Bonchev–Trinajstić information content (AvgIpc) is 2.25. The predicted octanol–water partition coefficient (Wildman–Crippen LogP) is 2.36. The highest BCUT2D eigenvalue weighted by Gasteiger charge is 1.99. The molecule has 0 unspecified atom stereocenters. The zero-order valence-corrected chi connectivity index (χ0v) is 9.43. The van der Waals surface area contributed by atoms with Gasteiger partial charge in [0.05, 0.1) is 5.71 Å². The van der Waals surface area contributed by atoms with Gasteiger partial charge < -0.3 is 0 Å². The molecule has 16 heavy (non-hydrogen) atoms. The Kier molecular flexibility index (Phi) is 5.19. The molecule has 0 bridgehead atoms. The van der Waals surface area contributed by atoms with Crippen LogP contribution in [0.4, 0.5) is 0 Å². The van der Waals surface area contributed by atoms with Crippen LogP contribution in [0.3, 0.4) is 0 Å². The smallest absolute Gasteiger partial charge is 0.241 e. The van der Waals surface area contributed by atoms with E-state index in [9.17, 15) is 10.1 Å². The molecule has 0 aliphatic rings. The molecule has 0 spiro atoms. The van der Waals surface area contributed by atoms with Crippen LogP contribution in [0.25, 0.3) is 0 Å². The number of hydrogen-bond donors (Lipinski definition) is 0. The minimum atomic E-state index is -0.351. The normalized spacial score (nSPS) is 11.4. The van der Waals surface area contributed by atoms with Crippen LogP contribution in [0.2, 0.25) is 0 Å². The summed E-state index contributed by atoms with van der Waals surface area (Å²) in [4.78, 5) is 14.0. The number of aryl methyl sites for hydroxylation is 1. The zero-order valence-electron chi connectivity index (χ0n) is 9.43. The van der Waals surface area contributed by atoms with Gasteiger partial charge in [0.1, 0.15) is 0 Å². The Morgan fingerprint density at radius 3 is 2.69 bits per heavy atom. The molecule has 0 fully saturated rings. The lowest BCUT2D eigenvalue weighted by Gasteiger charge is -1.99. The Bertz CT molecular complexity index is 361. The van der Waals surface area contributed by atoms with E-state index in [1.165, 1.54) is 5.56 Å². The maximum Gasteiger partial charge on any atom is 0.241 e. The Morgan fingerprint density at radius 1 is 1.38 bits per heavy atom. The summed E-state index contributed by atoms with van der Waals surface area (Å²) in [6, 6.07) is 10.2. The van der Waals surface area contributed by atoms with E-state index in [1.807, 2.05) is 18.2 Å². The van der Waals surface area contributed by atoms with Gasteiger partial charge in [0.25, 0.3) is 0 Å². The molecule has 0 heterocycles. The molecule has 4 nitrogen and oxygen atoms in total. The second-order valence-electron chi connectivity index (χ2n) is 3.70. The monoisotopic (exact) mass is 220 g/mol. The predicted molar refractivity (Wildman–Crippen MR) is 64.6 cm³/mol. The van der Waals surface area contributed by atoms with E-state index < -0.39 is 0 Å². The molecule has 86 valence electrons. The number of aliphatic imine (C=N–C) groups is 1. The third-order valence-electron chi connectivity index (χ3n) is 2.21. The van der Waals surface area contributed by atoms with E-state index >= 15 is 0 Å². The van der Waals surface area contributed by atoms with Crippen molar-refractivity contribution in [3.63, 3.8) is 0 Å². The van der Waals surface area contributed by atoms with E-state index in [4.69, 9.17) is 0 Å². The SMILES string of the molecule is CC(C[N+](=O)[O-])=NCCCc1ccccc1. The molecule has 0 saturated heterocycles. The third kappa shape index (κ3) is 5.24. The molecule has 0 aromatic heterocycles. The van der Waals surface area contributed by atoms with Crippen LogP contribution < -0.4 is 0 Å². The van der Waals surface area contributed by atoms with Gasteiger partial charge in [-0.25, -0.2) is 0 Å². The molecule has 0 amide bonds. The van der Waals surface area contributed by atoms with Crippen LogP contribution in [0.1, 0.15) is 18.9 Å². The average molecular weight is 220 g/mol. The quantitative estimate of drug-likeness (QED) is 0.320. The second-order valence-corrected chi connectivity index (χ2v) is 3.70. The molecular formula is C12H16N2O2. The lowest BCUT2D eigenvalue weighted by atomic mass is 10.1. The first-order valence-electron chi connectivity index (χ1n) is 5.34.